The van der Waals surface area contributed by atoms with Crippen molar-refractivity contribution in [3.05, 3.63) is 70.0 Å². The topological polar surface area (TPSA) is 179 Å². The van der Waals surface area contributed by atoms with E-state index in [9.17, 15) is 34.5 Å². The van der Waals surface area contributed by atoms with E-state index < -0.39 is 23.3 Å². The summed E-state index contributed by atoms with van der Waals surface area (Å²) in [7, 11) is 0. The maximum atomic E-state index is 13.1. The van der Waals surface area contributed by atoms with Crippen LogP contribution in [-0.2, 0) is 44.6 Å². The van der Waals surface area contributed by atoms with Gasteiger partial charge >= 0.3 is 29.8 Å². The van der Waals surface area contributed by atoms with Crippen LogP contribution in [0.5, 0.6) is 11.5 Å². The van der Waals surface area contributed by atoms with Crippen molar-refractivity contribution >= 4 is 53.4 Å². The van der Waals surface area contributed by atoms with Crippen molar-refractivity contribution in [3.63, 3.8) is 0 Å². The van der Waals surface area contributed by atoms with Crippen LogP contribution in [0.1, 0.15) is 63.5 Å². The molecule has 1 aliphatic carbocycles. The lowest BCUT2D eigenvalue weighted by molar-refractivity contribution is -0.154. The number of thioether (sulfide) groups is 2. The van der Waals surface area contributed by atoms with Crippen molar-refractivity contribution in [1.82, 2.24) is 0 Å². The Balaban J connectivity index is 1.14. The van der Waals surface area contributed by atoms with E-state index in [1.54, 1.807) is 44.2 Å². The van der Waals surface area contributed by atoms with Crippen LogP contribution in [0.3, 0.4) is 0 Å². The Morgan fingerprint density at radius 1 is 0.811 bits per heavy atom. The number of allylic oxidation sites excluding steroid dienone is 1. The highest BCUT2D eigenvalue weighted by atomic mass is 32.2. The average Bonchev–Trinajstić information content (AvgIpc) is 3.61. The molecule has 2 aliphatic rings. The maximum absolute atomic E-state index is 13.1. The summed E-state index contributed by atoms with van der Waals surface area (Å²) in [5.74, 6) is -2.37. The lowest BCUT2D eigenvalue weighted by atomic mass is 9.82. The van der Waals surface area contributed by atoms with Crippen molar-refractivity contribution in [2.75, 3.05) is 19.8 Å². The SMILES string of the molecule is C=CC(=O)OCC(C)(C)COC(=O)CCC(=O)OCCc1ccc(OC(=O)C2CCC(C(=O)Oc3ccc(C)c4c3SC(=C(C#N)C#N)S4)CC2)cc1. The first-order chi connectivity index (χ1) is 25.3. The van der Waals surface area contributed by atoms with Gasteiger partial charge in [-0.25, -0.2) is 4.79 Å². The second kappa shape index (κ2) is 19.1. The van der Waals surface area contributed by atoms with Crippen LogP contribution in [-0.4, -0.2) is 49.7 Å². The van der Waals surface area contributed by atoms with E-state index in [-0.39, 0.29) is 62.0 Å². The molecular weight excluding hydrogens is 721 g/mol. The molecule has 14 heteroatoms. The fraction of sp³-hybridized carbons (Fsp3) is 0.410. The van der Waals surface area contributed by atoms with Gasteiger partial charge in [0, 0.05) is 22.8 Å². The van der Waals surface area contributed by atoms with Crippen LogP contribution in [0.4, 0.5) is 0 Å². The van der Waals surface area contributed by atoms with Crippen molar-refractivity contribution in [2.45, 2.75) is 75.5 Å². The molecule has 0 radical (unpaired) electrons. The number of aryl methyl sites for hydroxylation is 1. The van der Waals surface area contributed by atoms with Crippen LogP contribution in [0.15, 0.2) is 68.7 Å². The predicted octanol–water partition coefficient (Wildman–Crippen LogP) is 6.93. The summed E-state index contributed by atoms with van der Waals surface area (Å²) >= 11 is 2.58. The molecule has 1 saturated carbocycles. The molecule has 1 heterocycles. The minimum atomic E-state index is -0.598. The van der Waals surface area contributed by atoms with Gasteiger partial charge in [0.05, 0.1) is 53.6 Å². The molecule has 1 fully saturated rings. The number of esters is 5. The van der Waals surface area contributed by atoms with Gasteiger partial charge in [0.1, 0.15) is 29.2 Å². The Bertz CT molecular complexity index is 1830. The zero-order chi connectivity index (χ0) is 38.5. The van der Waals surface area contributed by atoms with Crippen molar-refractivity contribution < 1.29 is 47.7 Å². The molecule has 0 unspecified atom stereocenters. The third kappa shape index (κ3) is 12.0. The average molecular weight is 761 g/mol. The first-order valence-electron chi connectivity index (χ1n) is 17.0. The highest BCUT2D eigenvalue weighted by Gasteiger charge is 2.34. The van der Waals surface area contributed by atoms with Gasteiger partial charge in [-0.2, -0.15) is 10.5 Å². The zero-order valence-electron chi connectivity index (χ0n) is 29.8. The summed E-state index contributed by atoms with van der Waals surface area (Å²) < 4.78 is 27.4. The Morgan fingerprint density at radius 3 is 1.98 bits per heavy atom. The first-order valence-corrected chi connectivity index (χ1v) is 18.6. The molecule has 53 heavy (non-hydrogen) atoms. The normalized spacial score (nSPS) is 16.2. The smallest absolute Gasteiger partial charge is 0.330 e. The number of fused-ring (bicyclic) bond motifs is 1. The lowest BCUT2D eigenvalue weighted by Crippen LogP contribution is -2.30. The first kappa shape index (κ1) is 40.7. The summed E-state index contributed by atoms with van der Waals surface area (Å²) in [6.07, 6.45) is 3.09. The molecule has 278 valence electrons. The number of nitriles is 2. The van der Waals surface area contributed by atoms with Crippen molar-refractivity contribution in [2.24, 2.45) is 17.3 Å². The third-order valence-corrected chi connectivity index (χ3v) is 11.2. The number of carbonyl (C=O) groups is 5. The Morgan fingerprint density at radius 2 is 1.38 bits per heavy atom. The predicted molar refractivity (Wildman–Crippen MR) is 194 cm³/mol. The minimum Gasteiger partial charge on any atom is -0.465 e. The molecule has 0 spiro atoms. The molecule has 2 aromatic carbocycles. The van der Waals surface area contributed by atoms with Gasteiger partial charge in [-0.3, -0.25) is 19.2 Å². The molecule has 0 atom stereocenters. The summed E-state index contributed by atoms with van der Waals surface area (Å²) in [4.78, 5) is 63.0. The van der Waals surface area contributed by atoms with Gasteiger partial charge in [0.2, 0.25) is 0 Å². The largest absolute Gasteiger partial charge is 0.465 e. The fourth-order valence-electron chi connectivity index (χ4n) is 5.33. The lowest BCUT2D eigenvalue weighted by Gasteiger charge is -2.26. The fourth-order valence-corrected chi connectivity index (χ4v) is 7.89. The molecule has 0 saturated heterocycles. The molecule has 4 rings (SSSR count). The van der Waals surface area contributed by atoms with Crippen LogP contribution < -0.4 is 9.47 Å². The zero-order valence-corrected chi connectivity index (χ0v) is 31.4. The Kier molecular flexibility index (Phi) is 14.7. The number of rotatable bonds is 15. The molecule has 1 aliphatic heterocycles. The van der Waals surface area contributed by atoms with E-state index >= 15 is 0 Å². The van der Waals surface area contributed by atoms with E-state index in [1.165, 1.54) is 23.5 Å². The highest BCUT2D eigenvalue weighted by Crippen LogP contribution is 2.56. The van der Waals surface area contributed by atoms with Crippen LogP contribution >= 0.6 is 23.5 Å². The van der Waals surface area contributed by atoms with Gasteiger partial charge in [0.15, 0.2) is 0 Å². The standard InChI is InChI=1S/C39H40N2O10S2/c1-5-31(42)48-22-39(3,4)23-49-33(44)17-16-32(43)47-19-18-25-7-13-29(14-8-25)50-36(45)26-9-11-27(12-10-26)37(46)51-30-15-6-24(2)34-35(30)53-38(52-34)28(20-40)21-41/h5-8,13-15,26-27H,1,9-12,16-19,22-23H2,2-4H3. The van der Waals surface area contributed by atoms with Crippen LogP contribution in [0.2, 0.25) is 0 Å². The molecule has 0 amide bonds. The van der Waals surface area contributed by atoms with E-state index in [2.05, 4.69) is 6.58 Å². The molecule has 0 N–H and O–H groups in total. The second-order valence-electron chi connectivity index (χ2n) is 13.3. The van der Waals surface area contributed by atoms with Crippen molar-refractivity contribution in [1.29, 1.82) is 10.5 Å². The quantitative estimate of drug-likeness (QED) is 0.0599. The van der Waals surface area contributed by atoms with Crippen molar-refractivity contribution in [3.8, 4) is 23.6 Å². The second-order valence-corrected chi connectivity index (χ2v) is 15.6. The summed E-state index contributed by atoms with van der Waals surface area (Å²) in [6.45, 7) is 8.96. The van der Waals surface area contributed by atoms with E-state index in [1.807, 2.05) is 25.1 Å². The number of carbonyl (C=O) groups excluding carboxylic acids is 5. The Hall–Kier alpha value is -5.05. The van der Waals surface area contributed by atoms with E-state index in [4.69, 9.17) is 23.7 Å². The number of nitrogens with zero attached hydrogens (tertiary/aromatic N) is 2. The van der Waals surface area contributed by atoms with Gasteiger partial charge in [-0.15, -0.1) is 0 Å². The molecular formula is C39H40N2O10S2. The van der Waals surface area contributed by atoms with E-state index in [0.29, 0.717) is 52.7 Å². The minimum absolute atomic E-state index is 0.0163. The number of benzene rings is 2. The molecule has 0 aromatic heterocycles. The van der Waals surface area contributed by atoms with Crippen LogP contribution in [0, 0.1) is 46.8 Å². The number of ether oxygens (including phenoxy) is 5. The molecule has 2 aromatic rings. The number of hydrogen-bond donors (Lipinski definition) is 0. The maximum Gasteiger partial charge on any atom is 0.330 e. The molecule has 12 nitrogen and oxygen atoms in total. The Labute approximate surface area is 316 Å². The van der Waals surface area contributed by atoms with Crippen LogP contribution in [0.25, 0.3) is 0 Å². The van der Waals surface area contributed by atoms with Gasteiger partial charge < -0.3 is 23.7 Å². The monoisotopic (exact) mass is 760 g/mol. The number of hydrogen-bond acceptors (Lipinski definition) is 14. The van der Waals surface area contributed by atoms with Gasteiger partial charge in [-0.05, 0) is 61.9 Å². The third-order valence-electron chi connectivity index (χ3n) is 8.42. The summed E-state index contributed by atoms with van der Waals surface area (Å²) in [5.41, 5.74) is 1.23. The summed E-state index contributed by atoms with van der Waals surface area (Å²) in [6, 6.07) is 14.3. The molecule has 0 bridgehead atoms. The van der Waals surface area contributed by atoms with E-state index in [0.717, 1.165) is 22.1 Å². The van der Waals surface area contributed by atoms with Gasteiger partial charge in [-0.1, -0.05) is 62.1 Å². The van der Waals surface area contributed by atoms with Gasteiger partial charge in [0.25, 0.3) is 0 Å². The highest BCUT2D eigenvalue weighted by molar-refractivity contribution is 8.24. The summed E-state index contributed by atoms with van der Waals surface area (Å²) in [5, 5.41) is 18.6.